The lowest BCUT2D eigenvalue weighted by Gasteiger charge is -2.15. The number of rotatable bonds is 4. The van der Waals surface area contributed by atoms with E-state index in [0.717, 1.165) is 37.2 Å². The molecule has 4 nitrogen and oxygen atoms in total. The number of carbonyl (C=O) groups is 1. The minimum Gasteiger partial charge on any atom is -0.478 e. The maximum absolute atomic E-state index is 11.3. The number of carboxylic acids is 1. The van der Waals surface area contributed by atoms with Crippen molar-refractivity contribution < 1.29 is 15.0 Å². The van der Waals surface area contributed by atoms with Gasteiger partial charge in [-0.15, -0.1) is 0 Å². The zero-order valence-electron chi connectivity index (χ0n) is 12.3. The normalized spacial score (nSPS) is 18.5. The van der Waals surface area contributed by atoms with E-state index in [1.807, 2.05) is 36.4 Å². The topological polar surface area (TPSA) is 60.8 Å². The van der Waals surface area contributed by atoms with Gasteiger partial charge >= 0.3 is 5.97 Å². The fraction of sp³-hybridized carbons (Fsp3) is 0.278. The van der Waals surface area contributed by atoms with Crippen LogP contribution in [0.4, 0.5) is 0 Å². The maximum atomic E-state index is 11.3. The van der Waals surface area contributed by atoms with E-state index in [4.69, 9.17) is 0 Å². The van der Waals surface area contributed by atoms with Crippen molar-refractivity contribution in [3.63, 3.8) is 0 Å². The van der Waals surface area contributed by atoms with E-state index in [-0.39, 0.29) is 6.10 Å². The molecule has 114 valence electrons. The van der Waals surface area contributed by atoms with Crippen LogP contribution in [0, 0.1) is 0 Å². The first-order chi connectivity index (χ1) is 10.6. The fourth-order valence-electron chi connectivity index (χ4n) is 2.93. The Kier molecular flexibility index (Phi) is 4.22. The van der Waals surface area contributed by atoms with Gasteiger partial charge in [0.15, 0.2) is 0 Å². The number of β-amino-alcohol motifs (C(OH)–C–C–N with tert-alkyl or cyclic N) is 1. The molecule has 22 heavy (non-hydrogen) atoms. The first-order valence-corrected chi connectivity index (χ1v) is 7.45. The number of likely N-dealkylation sites (tertiary alicyclic amines) is 1. The predicted octanol–water partition coefficient (Wildman–Crippen LogP) is 2.62. The summed E-state index contributed by atoms with van der Waals surface area (Å²) < 4.78 is 0. The Morgan fingerprint density at radius 2 is 1.86 bits per heavy atom. The van der Waals surface area contributed by atoms with Crippen LogP contribution in [0.15, 0.2) is 48.5 Å². The minimum absolute atomic E-state index is 0.207. The lowest BCUT2D eigenvalue weighted by Crippen LogP contribution is -2.21. The number of aliphatic hydroxyl groups is 1. The molecular formula is C18H19NO3. The Hall–Kier alpha value is -2.17. The van der Waals surface area contributed by atoms with Gasteiger partial charge in [0.25, 0.3) is 0 Å². The zero-order chi connectivity index (χ0) is 15.5. The van der Waals surface area contributed by atoms with E-state index in [1.54, 1.807) is 12.1 Å². The fourth-order valence-corrected chi connectivity index (χ4v) is 2.93. The van der Waals surface area contributed by atoms with Crippen LogP contribution >= 0.6 is 0 Å². The Morgan fingerprint density at radius 3 is 2.50 bits per heavy atom. The summed E-state index contributed by atoms with van der Waals surface area (Å²) in [5.41, 5.74) is 3.13. The summed E-state index contributed by atoms with van der Waals surface area (Å²) in [6, 6.07) is 15.0. The summed E-state index contributed by atoms with van der Waals surface area (Å²) >= 11 is 0. The first-order valence-electron chi connectivity index (χ1n) is 7.45. The van der Waals surface area contributed by atoms with E-state index in [1.165, 1.54) is 5.56 Å². The molecule has 0 saturated carbocycles. The molecule has 2 aromatic rings. The molecule has 1 atom stereocenters. The van der Waals surface area contributed by atoms with Crippen molar-refractivity contribution in [3.05, 3.63) is 59.7 Å². The third kappa shape index (κ3) is 3.18. The SMILES string of the molecule is O=C(O)c1ccccc1-c1ccc(CN2CCC(O)C2)cc1. The molecule has 0 amide bonds. The predicted molar refractivity (Wildman–Crippen MR) is 84.7 cm³/mol. The van der Waals surface area contributed by atoms with Gasteiger partial charge in [0.2, 0.25) is 0 Å². The highest BCUT2D eigenvalue weighted by atomic mass is 16.4. The van der Waals surface area contributed by atoms with Gasteiger partial charge in [-0.25, -0.2) is 4.79 Å². The van der Waals surface area contributed by atoms with Crippen LogP contribution in [0.1, 0.15) is 22.3 Å². The lowest BCUT2D eigenvalue weighted by molar-refractivity contribution is 0.0697. The molecule has 4 heteroatoms. The van der Waals surface area contributed by atoms with Gasteiger partial charge < -0.3 is 10.2 Å². The number of aromatic carboxylic acids is 1. The van der Waals surface area contributed by atoms with Crippen LogP contribution in [-0.4, -0.2) is 40.3 Å². The van der Waals surface area contributed by atoms with Crippen molar-refractivity contribution in [3.8, 4) is 11.1 Å². The zero-order valence-corrected chi connectivity index (χ0v) is 12.3. The van der Waals surface area contributed by atoms with Crippen molar-refractivity contribution in [1.82, 2.24) is 4.90 Å². The monoisotopic (exact) mass is 297 g/mol. The molecule has 0 aromatic heterocycles. The Balaban J connectivity index is 1.78. The molecule has 1 aliphatic rings. The second-order valence-corrected chi connectivity index (χ2v) is 5.73. The van der Waals surface area contributed by atoms with Crippen molar-refractivity contribution in [2.24, 2.45) is 0 Å². The number of nitrogens with zero attached hydrogens (tertiary/aromatic N) is 1. The van der Waals surface area contributed by atoms with Crippen molar-refractivity contribution in [2.45, 2.75) is 19.1 Å². The van der Waals surface area contributed by atoms with Gasteiger partial charge in [0.1, 0.15) is 0 Å². The van der Waals surface area contributed by atoms with Crippen molar-refractivity contribution in [2.75, 3.05) is 13.1 Å². The van der Waals surface area contributed by atoms with E-state index >= 15 is 0 Å². The Morgan fingerprint density at radius 1 is 1.14 bits per heavy atom. The van der Waals surface area contributed by atoms with Crippen LogP contribution in [0.3, 0.4) is 0 Å². The molecule has 3 rings (SSSR count). The van der Waals surface area contributed by atoms with Gasteiger partial charge in [-0.3, -0.25) is 4.90 Å². The van der Waals surface area contributed by atoms with Gasteiger partial charge in [-0.2, -0.15) is 0 Å². The van der Waals surface area contributed by atoms with Gasteiger partial charge in [-0.1, -0.05) is 42.5 Å². The summed E-state index contributed by atoms with van der Waals surface area (Å²) in [5, 5.41) is 18.8. The van der Waals surface area contributed by atoms with Crippen LogP contribution in [-0.2, 0) is 6.54 Å². The summed E-state index contributed by atoms with van der Waals surface area (Å²) in [4.78, 5) is 13.5. The molecule has 1 heterocycles. The van der Waals surface area contributed by atoms with Crippen LogP contribution in [0.5, 0.6) is 0 Å². The number of carboxylic acid groups (broad SMARTS) is 1. The average Bonchev–Trinajstić information content (AvgIpc) is 2.93. The van der Waals surface area contributed by atoms with Crippen molar-refractivity contribution in [1.29, 1.82) is 0 Å². The molecule has 1 unspecified atom stereocenters. The summed E-state index contributed by atoms with van der Waals surface area (Å²) in [6.45, 7) is 2.46. The molecule has 2 N–H and O–H groups in total. The van der Waals surface area contributed by atoms with Gasteiger partial charge in [-0.05, 0) is 29.2 Å². The molecule has 0 spiro atoms. The Labute approximate surface area is 129 Å². The summed E-state index contributed by atoms with van der Waals surface area (Å²) in [6.07, 6.45) is 0.631. The molecule has 0 bridgehead atoms. The smallest absolute Gasteiger partial charge is 0.336 e. The van der Waals surface area contributed by atoms with Crippen LogP contribution in [0.25, 0.3) is 11.1 Å². The molecule has 1 saturated heterocycles. The maximum Gasteiger partial charge on any atom is 0.336 e. The van der Waals surface area contributed by atoms with E-state index in [2.05, 4.69) is 4.90 Å². The van der Waals surface area contributed by atoms with E-state index in [0.29, 0.717) is 5.56 Å². The summed E-state index contributed by atoms with van der Waals surface area (Å²) in [5.74, 6) is -0.911. The van der Waals surface area contributed by atoms with Gasteiger partial charge in [0.05, 0.1) is 11.7 Å². The van der Waals surface area contributed by atoms with Crippen LogP contribution < -0.4 is 0 Å². The molecule has 1 aliphatic heterocycles. The standard InChI is InChI=1S/C18H19NO3/c20-15-9-10-19(12-15)11-13-5-7-14(8-6-13)16-3-1-2-4-17(16)18(21)22/h1-8,15,20H,9-12H2,(H,21,22). The molecule has 1 fully saturated rings. The summed E-state index contributed by atoms with van der Waals surface area (Å²) in [7, 11) is 0. The van der Waals surface area contributed by atoms with E-state index in [9.17, 15) is 15.0 Å². The highest BCUT2D eigenvalue weighted by Gasteiger charge is 2.19. The third-order valence-corrected chi connectivity index (χ3v) is 4.08. The third-order valence-electron chi connectivity index (χ3n) is 4.08. The minimum atomic E-state index is -0.911. The lowest BCUT2D eigenvalue weighted by atomic mass is 9.99. The second kappa shape index (κ2) is 6.30. The quantitative estimate of drug-likeness (QED) is 0.910. The number of benzene rings is 2. The average molecular weight is 297 g/mol. The largest absolute Gasteiger partial charge is 0.478 e. The van der Waals surface area contributed by atoms with Crippen LogP contribution in [0.2, 0.25) is 0 Å². The number of aliphatic hydroxyl groups excluding tert-OH is 1. The molecule has 0 radical (unpaired) electrons. The molecule has 0 aliphatic carbocycles. The van der Waals surface area contributed by atoms with Gasteiger partial charge in [0, 0.05) is 19.6 Å². The first kappa shape index (κ1) is 14.8. The second-order valence-electron chi connectivity index (χ2n) is 5.73. The molecule has 2 aromatic carbocycles. The highest BCUT2D eigenvalue weighted by Crippen LogP contribution is 2.24. The Bertz CT molecular complexity index is 666. The molecular weight excluding hydrogens is 278 g/mol. The van der Waals surface area contributed by atoms with E-state index < -0.39 is 5.97 Å². The highest BCUT2D eigenvalue weighted by molar-refractivity contribution is 5.95. The number of hydrogen-bond acceptors (Lipinski definition) is 3. The number of hydrogen-bond donors (Lipinski definition) is 2. The van der Waals surface area contributed by atoms with Crippen molar-refractivity contribution >= 4 is 5.97 Å².